The predicted octanol–water partition coefficient (Wildman–Crippen LogP) is 3.16. The van der Waals surface area contributed by atoms with Crippen LogP contribution in [0.25, 0.3) is 0 Å². The van der Waals surface area contributed by atoms with Gasteiger partial charge in [-0.25, -0.2) is 4.79 Å². The minimum Gasteiger partial charge on any atom is -0.379 e. The first-order valence-corrected chi connectivity index (χ1v) is 10.6. The molecular weight excluding hydrogens is 413 g/mol. The number of carbonyl (C=O) groups excluding carboxylic acids is 1. The summed E-state index contributed by atoms with van der Waals surface area (Å²) in [5, 5.41) is 5.50. The monoisotopic (exact) mass is 444 g/mol. The maximum Gasteiger partial charge on any atom is 0.416 e. The van der Waals surface area contributed by atoms with E-state index < -0.39 is 17.8 Å². The van der Waals surface area contributed by atoms with E-state index in [0.717, 1.165) is 31.6 Å². The molecule has 1 aromatic rings. The molecular formula is C21H31F3N4O3. The highest BCUT2D eigenvalue weighted by molar-refractivity contribution is 5.93. The zero-order chi connectivity index (χ0) is 22.5. The predicted molar refractivity (Wildman–Crippen MR) is 113 cm³/mol. The normalized spacial score (nSPS) is 20.2. The zero-order valence-electron chi connectivity index (χ0n) is 18.1. The van der Waals surface area contributed by atoms with Gasteiger partial charge in [0.1, 0.15) is 0 Å². The summed E-state index contributed by atoms with van der Waals surface area (Å²) in [5.41, 5.74) is -0.370. The average molecular weight is 444 g/mol. The van der Waals surface area contributed by atoms with Crippen molar-refractivity contribution in [1.29, 1.82) is 0 Å². The molecule has 2 fully saturated rings. The fourth-order valence-electron chi connectivity index (χ4n) is 3.89. The Bertz CT molecular complexity index is 750. The van der Waals surface area contributed by atoms with Gasteiger partial charge in [-0.2, -0.15) is 13.2 Å². The fourth-order valence-corrected chi connectivity index (χ4v) is 3.89. The third-order valence-corrected chi connectivity index (χ3v) is 6.09. The number of rotatable bonds is 6. The number of alkyl halides is 3. The summed E-state index contributed by atoms with van der Waals surface area (Å²) in [6.07, 6.45) is -3.68. The van der Waals surface area contributed by atoms with E-state index in [-0.39, 0.29) is 11.2 Å². The molecule has 31 heavy (non-hydrogen) atoms. The standard InChI is InChI=1S/C21H31F3N4O3/c1-3-20(2,28-8-12-31-13-9-28)15-25-19(29)26-17-14-16(21(22,23)24)4-5-18(17)27-6-10-30-11-7-27/h4-5,14H,3,6-13,15H2,1-2H3,(H2,25,26,29). The number of halogens is 3. The second kappa shape index (κ2) is 10.1. The lowest BCUT2D eigenvalue weighted by molar-refractivity contribution is -0.137. The van der Waals surface area contributed by atoms with Crippen molar-refractivity contribution < 1.29 is 27.4 Å². The van der Waals surface area contributed by atoms with Gasteiger partial charge in [-0.3, -0.25) is 4.90 Å². The van der Waals surface area contributed by atoms with Crippen molar-refractivity contribution in [1.82, 2.24) is 10.2 Å². The first-order chi connectivity index (χ1) is 14.7. The van der Waals surface area contributed by atoms with E-state index in [0.29, 0.717) is 51.7 Å². The van der Waals surface area contributed by atoms with E-state index in [4.69, 9.17) is 9.47 Å². The van der Waals surface area contributed by atoms with Crippen molar-refractivity contribution in [3.63, 3.8) is 0 Å². The van der Waals surface area contributed by atoms with Crippen LogP contribution in [0.5, 0.6) is 0 Å². The molecule has 2 saturated heterocycles. The zero-order valence-corrected chi connectivity index (χ0v) is 18.1. The number of ether oxygens (including phenoxy) is 2. The number of anilines is 2. The van der Waals surface area contributed by atoms with E-state index in [1.807, 2.05) is 4.90 Å². The van der Waals surface area contributed by atoms with Crippen LogP contribution >= 0.6 is 0 Å². The number of amides is 2. The minimum atomic E-state index is -4.49. The Morgan fingerprint density at radius 3 is 2.26 bits per heavy atom. The average Bonchev–Trinajstić information content (AvgIpc) is 2.78. The molecule has 1 aromatic carbocycles. The number of carbonyl (C=O) groups is 1. The van der Waals surface area contributed by atoms with Crippen LogP contribution in [-0.4, -0.2) is 75.6 Å². The molecule has 2 heterocycles. The highest BCUT2D eigenvalue weighted by Crippen LogP contribution is 2.35. The lowest BCUT2D eigenvalue weighted by atomic mass is 9.95. The highest BCUT2D eigenvalue weighted by atomic mass is 19.4. The number of nitrogens with one attached hydrogen (secondary N) is 2. The van der Waals surface area contributed by atoms with Crippen LogP contribution in [0.2, 0.25) is 0 Å². The van der Waals surface area contributed by atoms with Gasteiger partial charge in [0.2, 0.25) is 0 Å². The third kappa shape index (κ3) is 6.02. The molecule has 0 aromatic heterocycles. The molecule has 0 bridgehead atoms. The molecule has 7 nitrogen and oxygen atoms in total. The Kier molecular flexibility index (Phi) is 7.66. The number of hydrogen-bond acceptors (Lipinski definition) is 5. The number of morpholine rings is 2. The largest absolute Gasteiger partial charge is 0.416 e. The lowest BCUT2D eigenvalue weighted by Crippen LogP contribution is -2.57. The first-order valence-electron chi connectivity index (χ1n) is 10.6. The third-order valence-electron chi connectivity index (χ3n) is 6.09. The Balaban J connectivity index is 1.72. The van der Waals surface area contributed by atoms with Gasteiger partial charge in [0.05, 0.1) is 43.4 Å². The molecule has 0 spiro atoms. The molecule has 2 aliphatic heterocycles. The molecule has 1 unspecified atom stereocenters. The van der Waals surface area contributed by atoms with Crippen molar-refractivity contribution >= 4 is 17.4 Å². The van der Waals surface area contributed by atoms with Gasteiger partial charge in [-0.05, 0) is 31.5 Å². The maximum absolute atomic E-state index is 13.3. The molecule has 10 heteroatoms. The van der Waals surface area contributed by atoms with Crippen LogP contribution in [0, 0.1) is 0 Å². The second-order valence-electron chi connectivity index (χ2n) is 8.09. The number of benzene rings is 1. The molecule has 0 saturated carbocycles. The molecule has 2 aliphatic rings. The Hall–Kier alpha value is -2.04. The van der Waals surface area contributed by atoms with E-state index in [9.17, 15) is 18.0 Å². The number of urea groups is 1. The summed E-state index contributed by atoms with van der Waals surface area (Å²) in [5.74, 6) is 0. The Morgan fingerprint density at radius 1 is 1.06 bits per heavy atom. The van der Waals surface area contributed by atoms with Crippen LogP contribution in [-0.2, 0) is 15.7 Å². The quantitative estimate of drug-likeness (QED) is 0.706. The van der Waals surface area contributed by atoms with Gasteiger partial charge >= 0.3 is 12.2 Å². The van der Waals surface area contributed by atoms with E-state index in [1.165, 1.54) is 6.07 Å². The summed E-state index contributed by atoms with van der Waals surface area (Å²) in [6.45, 7) is 9.43. The van der Waals surface area contributed by atoms with Gasteiger partial charge in [0.25, 0.3) is 0 Å². The fraction of sp³-hybridized carbons (Fsp3) is 0.667. The van der Waals surface area contributed by atoms with E-state index >= 15 is 0 Å². The minimum absolute atomic E-state index is 0.138. The van der Waals surface area contributed by atoms with Gasteiger partial charge in [-0.1, -0.05) is 6.92 Å². The van der Waals surface area contributed by atoms with Crippen molar-refractivity contribution in [3.8, 4) is 0 Å². The first kappa shape index (κ1) is 23.6. The van der Waals surface area contributed by atoms with Gasteiger partial charge in [0.15, 0.2) is 0 Å². The summed E-state index contributed by atoms with van der Waals surface area (Å²) in [6, 6.07) is 2.92. The molecule has 2 amide bonds. The highest BCUT2D eigenvalue weighted by Gasteiger charge is 2.33. The summed E-state index contributed by atoms with van der Waals surface area (Å²) >= 11 is 0. The van der Waals surface area contributed by atoms with Crippen molar-refractivity contribution in [2.75, 3.05) is 69.4 Å². The van der Waals surface area contributed by atoms with Crippen molar-refractivity contribution in [3.05, 3.63) is 23.8 Å². The van der Waals surface area contributed by atoms with E-state index in [2.05, 4.69) is 29.4 Å². The van der Waals surface area contributed by atoms with Crippen LogP contribution in [0.4, 0.5) is 29.3 Å². The van der Waals surface area contributed by atoms with E-state index in [1.54, 1.807) is 0 Å². The van der Waals surface area contributed by atoms with Crippen LogP contribution < -0.4 is 15.5 Å². The molecule has 1 atom stereocenters. The molecule has 174 valence electrons. The maximum atomic E-state index is 13.3. The second-order valence-corrected chi connectivity index (χ2v) is 8.09. The lowest BCUT2D eigenvalue weighted by Gasteiger charge is -2.43. The molecule has 2 N–H and O–H groups in total. The number of nitrogens with zero attached hydrogens (tertiary/aromatic N) is 2. The Morgan fingerprint density at radius 2 is 1.68 bits per heavy atom. The van der Waals surface area contributed by atoms with Crippen LogP contribution in [0.15, 0.2) is 18.2 Å². The Labute approximate surface area is 180 Å². The smallest absolute Gasteiger partial charge is 0.379 e. The van der Waals surface area contributed by atoms with Crippen molar-refractivity contribution in [2.45, 2.75) is 32.0 Å². The molecule has 0 radical (unpaired) electrons. The topological polar surface area (TPSA) is 66.1 Å². The van der Waals surface area contributed by atoms with Gasteiger partial charge in [0, 0.05) is 38.3 Å². The molecule has 3 rings (SSSR count). The van der Waals surface area contributed by atoms with Gasteiger partial charge < -0.3 is 25.0 Å². The molecule has 0 aliphatic carbocycles. The van der Waals surface area contributed by atoms with Gasteiger partial charge in [-0.15, -0.1) is 0 Å². The van der Waals surface area contributed by atoms with Crippen LogP contribution in [0.3, 0.4) is 0 Å². The summed E-state index contributed by atoms with van der Waals surface area (Å²) in [4.78, 5) is 16.9. The van der Waals surface area contributed by atoms with Crippen molar-refractivity contribution in [2.24, 2.45) is 0 Å². The summed E-state index contributed by atoms with van der Waals surface area (Å²) < 4.78 is 50.5. The SMILES string of the molecule is CCC(C)(CNC(=O)Nc1cc(C(F)(F)F)ccc1N1CCOCC1)N1CCOCC1. The van der Waals surface area contributed by atoms with Crippen LogP contribution in [0.1, 0.15) is 25.8 Å². The number of hydrogen-bond donors (Lipinski definition) is 2. The summed E-state index contributed by atoms with van der Waals surface area (Å²) in [7, 11) is 0.